The highest BCUT2D eigenvalue weighted by Gasteiger charge is 2.14. The summed E-state index contributed by atoms with van der Waals surface area (Å²) < 4.78 is 24.0. The summed E-state index contributed by atoms with van der Waals surface area (Å²) in [5.74, 6) is -1.28. The highest BCUT2D eigenvalue weighted by atomic mass is 19.3. The second-order valence-corrected chi connectivity index (χ2v) is 3.27. The van der Waals surface area contributed by atoms with Crippen LogP contribution in [0, 0.1) is 0 Å². The first-order valence-corrected chi connectivity index (χ1v) is 5.02. The van der Waals surface area contributed by atoms with Crippen molar-refractivity contribution in [3.05, 3.63) is 29.8 Å². The molecule has 1 amide bonds. The number of hydrogen-bond acceptors (Lipinski definition) is 2. The van der Waals surface area contributed by atoms with E-state index in [0.717, 1.165) is 12.1 Å². The molecule has 0 unspecified atom stereocenters. The zero-order valence-corrected chi connectivity index (χ0v) is 8.97. The number of carbonyl (C=O) groups is 1. The number of carbonyl (C=O) groups excluding carboxylic acids is 1. The van der Waals surface area contributed by atoms with Crippen LogP contribution in [0.2, 0.25) is 0 Å². The van der Waals surface area contributed by atoms with Crippen molar-refractivity contribution in [2.45, 2.75) is 19.9 Å². The number of rotatable bonds is 5. The molecule has 0 saturated carbocycles. The molecule has 0 spiro atoms. The molecule has 0 aliphatic carbocycles. The summed E-state index contributed by atoms with van der Waals surface area (Å²) in [6, 6.07) is 6.83. The predicted molar refractivity (Wildman–Crippen MR) is 58.5 cm³/mol. The Balaban J connectivity index is 2.63. The lowest BCUT2D eigenvalue weighted by Gasteiger charge is -2.07. The highest BCUT2D eigenvalue weighted by Crippen LogP contribution is 2.11. The number of benzene rings is 1. The van der Waals surface area contributed by atoms with Crippen LogP contribution in [0.5, 0.6) is 0 Å². The molecule has 16 heavy (non-hydrogen) atoms. The fraction of sp³-hybridized carbons (Fsp3) is 0.364. The monoisotopic (exact) mass is 228 g/mol. The normalized spacial score (nSPS) is 10.5. The average Bonchev–Trinajstić information content (AvgIpc) is 2.26. The molecule has 0 aliphatic heterocycles. The van der Waals surface area contributed by atoms with Crippen molar-refractivity contribution in [3.8, 4) is 0 Å². The Hall–Kier alpha value is -1.49. The SMILES string of the molecule is CCNCc1cccc(NC(=O)C(F)F)c1. The zero-order chi connectivity index (χ0) is 12.0. The minimum Gasteiger partial charge on any atom is -0.321 e. The Bertz CT molecular complexity index is 356. The summed E-state index contributed by atoms with van der Waals surface area (Å²) in [7, 11) is 0. The lowest BCUT2D eigenvalue weighted by atomic mass is 10.2. The molecule has 3 nitrogen and oxygen atoms in total. The molecular formula is C11H14F2N2O. The van der Waals surface area contributed by atoms with Gasteiger partial charge in [-0.05, 0) is 24.2 Å². The Morgan fingerprint density at radius 2 is 2.19 bits per heavy atom. The molecule has 2 N–H and O–H groups in total. The van der Waals surface area contributed by atoms with Gasteiger partial charge in [0, 0.05) is 12.2 Å². The van der Waals surface area contributed by atoms with Gasteiger partial charge >= 0.3 is 6.43 Å². The number of halogens is 2. The van der Waals surface area contributed by atoms with Crippen LogP contribution in [0.4, 0.5) is 14.5 Å². The largest absolute Gasteiger partial charge is 0.321 e. The summed E-state index contributed by atoms with van der Waals surface area (Å²) in [5, 5.41) is 5.25. The van der Waals surface area contributed by atoms with Crippen LogP contribution in [0.1, 0.15) is 12.5 Å². The van der Waals surface area contributed by atoms with E-state index in [-0.39, 0.29) is 0 Å². The lowest BCUT2D eigenvalue weighted by molar-refractivity contribution is -0.126. The van der Waals surface area contributed by atoms with Gasteiger partial charge in [0.25, 0.3) is 5.91 Å². The van der Waals surface area contributed by atoms with E-state index in [9.17, 15) is 13.6 Å². The first kappa shape index (κ1) is 12.6. The fourth-order valence-corrected chi connectivity index (χ4v) is 1.23. The molecule has 88 valence electrons. The second-order valence-electron chi connectivity index (χ2n) is 3.27. The fourth-order valence-electron chi connectivity index (χ4n) is 1.23. The van der Waals surface area contributed by atoms with Gasteiger partial charge in [-0.3, -0.25) is 4.79 Å². The van der Waals surface area contributed by atoms with Gasteiger partial charge in [-0.2, -0.15) is 8.78 Å². The summed E-state index contributed by atoms with van der Waals surface area (Å²) >= 11 is 0. The summed E-state index contributed by atoms with van der Waals surface area (Å²) in [6.07, 6.45) is -2.99. The highest BCUT2D eigenvalue weighted by molar-refractivity contribution is 5.93. The first-order valence-electron chi connectivity index (χ1n) is 5.02. The molecular weight excluding hydrogens is 214 g/mol. The van der Waals surface area contributed by atoms with E-state index in [2.05, 4.69) is 10.6 Å². The van der Waals surface area contributed by atoms with Crippen LogP contribution in [0.25, 0.3) is 0 Å². The van der Waals surface area contributed by atoms with E-state index >= 15 is 0 Å². The van der Waals surface area contributed by atoms with Crippen molar-refractivity contribution in [2.75, 3.05) is 11.9 Å². The Morgan fingerprint density at radius 1 is 1.44 bits per heavy atom. The van der Waals surface area contributed by atoms with E-state index in [1.807, 2.05) is 13.0 Å². The Morgan fingerprint density at radius 3 is 2.81 bits per heavy atom. The van der Waals surface area contributed by atoms with Crippen LogP contribution >= 0.6 is 0 Å². The number of anilines is 1. The molecule has 0 aromatic heterocycles. The van der Waals surface area contributed by atoms with Crippen LogP contribution in [-0.2, 0) is 11.3 Å². The van der Waals surface area contributed by atoms with Crippen molar-refractivity contribution in [1.82, 2.24) is 5.32 Å². The molecule has 0 heterocycles. The second kappa shape index (κ2) is 6.17. The van der Waals surface area contributed by atoms with Gasteiger partial charge in [0.15, 0.2) is 0 Å². The van der Waals surface area contributed by atoms with Gasteiger partial charge in [-0.25, -0.2) is 0 Å². The smallest absolute Gasteiger partial charge is 0.315 e. The average molecular weight is 228 g/mol. The predicted octanol–water partition coefficient (Wildman–Crippen LogP) is 2.00. The van der Waals surface area contributed by atoms with Gasteiger partial charge in [-0.1, -0.05) is 19.1 Å². The van der Waals surface area contributed by atoms with Gasteiger partial charge < -0.3 is 10.6 Å². The Kier molecular flexibility index (Phi) is 4.85. The van der Waals surface area contributed by atoms with E-state index in [1.54, 1.807) is 18.2 Å². The summed E-state index contributed by atoms with van der Waals surface area (Å²) in [5.41, 5.74) is 1.33. The third-order valence-electron chi connectivity index (χ3n) is 1.97. The van der Waals surface area contributed by atoms with Crippen LogP contribution in [0.3, 0.4) is 0 Å². The molecule has 0 fully saturated rings. The van der Waals surface area contributed by atoms with Crippen LogP contribution < -0.4 is 10.6 Å². The minimum atomic E-state index is -2.99. The van der Waals surface area contributed by atoms with E-state index in [0.29, 0.717) is 12.2 Å². The van der Waals surface area contributed by atoms with Crippen LogP contribution in [-0.4, -0.2) is 18.9 Å². The molecule has 1 aromatic carbocycles. The van der Waals surface area contributed by atoms with Gasteiger partial charge in [0.2, 0.25) is 0 Å². The topological polar surface area (TPSA) is 41.1 Å². The van der Waals surface area contributed by atoms with E-state index < -0.39 is 12.3 Å². The molecule has 0 radical (unpaired) electrons. The maximum absolute atomic E-state index is 12.0. The third kappa shape index (κ3) is 3.94. The molecule has 5 heteroatoms. The lowest BCUT2D eigenvalue weighted by Crippen LogP contribution is -2.20. The zero-order valence-electron chi connectivity index (χ0n) is 8.97. The molecule has 1 aromatic rings. The number of nitrogens with one attached hydrogen (secondary N) is 2. The molecule has 0 saturated heterocycles. The molecule has 1 rings (SSSR count). The van der Waals surface area contributed by atoms with E-state index in [1.165, 1.54) is 0 Å². The molecule has 0 bridgehead atoms. The first-order chi connectivity index (χ1) is 7.63. The third-order valence-corrected chi connectivity index (χ3v) is 1.97. The van der Waals surface area contributed by atoms with Crippen LogP contribution in [0.15, 0.2) is 24.3 Å². The standard InChI is InChI=1S/C11H14F2N2O/c1-2-14-7-8-4-3-5-9(6-8)15-11(16)10(12)13/h3-6,10,14H,2,7H2,1H3,(H,15,16). The molecule has 0 atom stereocenters. The maximum Gasteiger partial charge on any atom is 0.315 e. The summed E-state index contributed by atoms with van der Waals surface area (Å²) in [4.78, 5) is 10.8. The van der Waals surface area contributed by atoms with Gasteiger partial charge in [-0.15, -0.1) is 0 Å². The quantitative estimate of drug-likeness (QED) is 0.809. The Labute approximate surface area is 92.8 Å². The van der Waals surface area contributed by atoms with E-state index in [4.69, 9.17) is 0 Å². The summed E-state index contributed by atoms with van der Waals surface area (Å²) in [6.45, 7) is 3.45. The number of hydrogen-bond donors (Lipinski definition) is 2. The van der Waals surface area contributed by atoms with Gasteiger partial charge in [0.1, 0.15) is 0 Å². The number of amides is 1. The van der Waals surface area contributed by atoms with Crippen molar-refractivity contribution < 1.29 is 13.6 Å². The van der Waals surface area contributed by atoms with Crippen molar-refractivity contribution in [3.63, 3.8) is 0 Å². The van der Waals surface area contributed by atoms with Gasteiger partial charge in [0.05, 0.1) is 0 Å². The van der Waals surface area contributed by atoms with Crippen molar-refractivity contribution in [2.24, 2.45) is 0 Å². The van der Waals surface area contributed by atoms with Crippen molar-refractivity contribution in [1.29, 1.82) is 0 Å². The minimum absolute atomic E-state index is 0.390. The van der Waals surface area contributed by atoms with Crippen molar-refractivity contribution >= 4 is 11.6 Å². The maximum atomic E-state index is 12.0. The number of alkyl halides is 2. The molecule has 0 aliphatic rings.